The summed E-state index contributed by atoms with van der Waals surface area (Å²) in [5.74, 6) is -0.345. The van der Waals surface area contributed by atoms with E-state index in [0.29, 0.717) is 17.5 Å². The smallest absolute Gasteiger partial charge is 0.312 e. The van der Waals surface area contributed by atoms with Crippen LogP contribution < -0.4 is 10.7 Å². The van der Waals surface area contributed by atoms with E-state index in [1.165, 1.54) is 17.8 Å². The summed E-state index contributed by atoms with van der Waals surface area (Å²) in [6.07, 6.45) is 1.08. The van der Waals surface area contributed by atoms with E-state index in [1.54, 1.807) is 18.5 Å². The van der Waals surface area contributed by atoms with Crippen molar-refractivity contribution in [2.24, 2.45) is 12.1 Å². The number of nitrogens with zero attached hydrogens (tertiary/aromatic N) is 5. The number of nitro groups is 1. The minimum atomic E-state index is -0.764. The van der Waals surface area contributed by atoms with Gasteiger partial charge in [-0.15, -0.1) is 10.2 Å². The van der Waals surface area contributed by atoms with Gasteiger partial charge < -0.3 is 15.0 Å². The Morgan fingerprint density at radius 1 is 1.38 bits per heavy atom. The molecule has 11 nitrogen and oxygen atoms in total. The summed E-state index contributed by atoms with van der Waals surface area (Å²) in [5, 5.41) is 36.3. The summed E-state index contributed by atoms with van der Waals surface area (Å²) in [4.78, 5) is 22.6. The Hall–Kier alpha value is -3.16. The molecule has 3 aromatic rings. The zero-order valence-electron chi connectivity index (χ0n) is 17.9. The van der Waals surface area contributed by atoms with Crippen LogP contribution in [0.25, 0.3) is 0 Å². The molecular weight excluding hydrogens is 550 g/mol. The fraction of sp³-hybridized carbons (Fsp3) is 0.200. The maximum atomic E-state index is 12.4. The normalized spacial score (nSPS) is 12.0. The predicted octanol–water partition coefficient (Wildman–Crippen LogP) is 4.09. The van der Waals surface area contributed by atoms with Crippen LogP contribution in [0, 0.1) is 10.1 Å². The van der Waals surface area contributed by atoms with Gasteiger partial charge in [-0.25, -0.2) is 5.43 Å². The van der Waals surface area contributed by atoms with Crippen molar-refractivity contribution < 1.29 is 14.8 Å². The first-order valence-corrected chi connectivity index (χ1v) is 11.7. The number of phenols is 1. The third kappa shape index (κ3) is 6.46. The van der Waals surface area contributed by atoms with Crippen molar-refractivity contribution in [3.8, 4) is 5.75 Å². The first kappa shape index (κ1) is 25.5. The van der Waals surface area contributed by atoms with Crippen molar-refractivity contribution in [3.05, 3.63) is 67.4 Å². The minimum Gasteiger partial charge on any atom is -0.502 e. The van der Waals surface area contributed by atoms with E-state index < -0.39 is 27.5 Å². The third-order valence-electron chi connectivity index (χ3n) is 4.53. The number of carbonyl (C=O) groups excluding carboxylic acids is 1. The number of anilines is 1. The lowest BCUT2D eigenvalue weighted by Gasteiger charge is -2.10. The number of rotatable bonds is 9. The number of nitrogens with one attached hydrogen (secondary N) is 2. The number of hydrazone groups is 1. The molecule has 1 aromatic heterocycles. The lowest BCUT2D eigenvalue weighted by atomic mass is 10.2. The Labute approximate surface area is 211 Å². The van der Waals surface area contributed by atoms with Gasteiger partial charge in [0.15, 0.2) is 11.0 Å². The van der Waals surface area contributed by atoms with Crippen LogP contribution in [0.1, 0.15) is 18.3 Å². The van der Waals surface area contributed by atoms with Crippen LogP contribution in [0.4, 0.5) is 11.4 Å². The monoisotopic (exact) mass is 567 g/mol. The molecule has 178 valence electrons. The van der Waals surface area contributed by atoms with Crippen LogP contribution in [-0.4, -0.2) is 42.2 Å². The maximum Gasteiger partial charge on any atom is 0.312 e. The molecule has 0 radical (unpaired) electrons. The van der Waals surface area contributed by atoms with Gasteiger partial charge in [0, 0.05) is 33.9 Å². The zero-order valence-corrected chi connectivity index (χ0v) is 21.1. The molecule has 0 fully saturated rings. The lowest BCUT2D eigenvalue weighted by Crippen LogP contribution is -2.27. The van der Waals surface area contributed by atoms with Gasteiger partial charge in [0.1, 0.15) is 0 Å². The second-order valence-electron chi connectivity index (χ2n) is 6.93. The van der Waals surface area contributed by atoms with Gasteiger partial charge >= 0.3 is 5.69 Å². The number of halogens is 2. The van der Waals surface area contributed by atoms with Crippen LogP contribution in [0.2, 0.25) is 5.02 Å². The van der Waals surface area contributed by atoms with Gasteiger partial charge in [-0.05, 0) is 37.3 Å². The van der Waals surface area contributed by atoms with E-state index in [1.807, 2.05) is 24.3 Å². The first-order valence-electron chi connectivity index (χ1n) is 9.70. The molecule has 0 saturated carbocycles. The topological polar surface area (TPSA) is 148 Å². The average molecular weight is 569 g/mol. The van der Waals surface area contributed by atoms with Crippen molar-refractivity contribution in [1.29, 1.82) is 0 Å². The van der Waals surface area contributed by atoms with Crippen LogP contribution >= 0.6 is 39.3 Å². The largest absolute Gasteiger partial charge is 0.502 e. The summed E-state index contributed by atoms with van der Waals surface area (Å²) in [6.45, 7) is 2.12. The van der Waals surface area contributed by atoms with Crippen molar-refractivity contribution in [3.63, 3.8) is 0 Å². The number of amides is 1. The van der Waals surface area contributed by atoms with Gasteiger partial charge in [-0.3, -0.25) is 14.9 Å². The molecule has 1 atom stereocenters. The van der Waals surface area contributed by atoms with E-state index in [-0.39, 0.29) is 10.6 Å². The summed E-state index contributed by atoms with van der Waals surface area (Å²) >= 11 is 10.4. The molecular formula is C20H19BrClN7O4S. The number of phenolic OH excluding ortho intramolecular Hbond substituents is 1. The molecule has 34 heavy (non-hydrogen) atoms. The summed E-state index contributed by atoms with van der Waals surface area (Å²) < 4.78 is 2.77. The number of hydrogen-bond donors (Lipinski definition) is 3. The van der Waals surface area contributed by atoms with E-state index >= 15 is 0 Å². The standard InChI is InChI=1S/C20H19BrClN7O4S/c1-11(19(31)26-24-9-12-7-14(22)8-16(18(12)30)29(32)33)34-20-27-25-17(28(20)2)10-23-15-5-3-13(21)4-6-15/h3-9,11,23,30H,10H2,1-2H3,(H,26,31)/b24-9+. The van der Waals surface area contributed by atoms with Crippen LogP contribution in [0.5, 0.6) is 5.75 Å². The SMILES string of the molecule is CC(Sc1nnc(CNc2ccc(Br)cc2)n1C)C(=O)N/N=C/c1cc(Cl)cc([N+](=O)[O-])c1O. The summed E-state index contributed by atoms with van der Waals surface area (Å²) in [6, 6.07) is 10.0. The third-order valence-corrected chi connectivity index (χ3v) is 6.41. The minimum absolute atomic E-state index is 0.00368. The summed E-state index contributed by atoms with van der Waals surface area (Å²) in [5.41, 5.74) is 2.71. The Morgan fingerprint density at radius 2 is 2.09 bits per heavy atom. The quantitative estimate of drug-likeness (QED) is 0.151. The number of hydrogen-bond acceptors (Lipinski definition) is 9. The van der Waals surface area contributed by atoms with Crippen LogP contribution in [-0.2, 0) is 18.4 Å². The van der Waals surface area contributed by atoms with Gasteiger partial charge in [0.2, 0.25) is 5.75 Å². The van der Waals surface area contributed by atoms with Crippen molar-refractivity contribution in [2.45, 2.75) is 23.9 Å². The highest BCUT2D eigenvalue weighted by molar-refractivity contribution is 9.10. The van der Waals surface area contributed by atoms with Gasteiger partial charge in [0.05, 0.1) is 22.9 Å². The number of aromatic nitrogens is 3. The Bertz CT molecular complexity index is 1240. The molecule has 1 unspecified atom stereocenters. The molecule has 1 amide bonds. The Balaban J connectivity index is 1.58. The maximum absolute atomic E-state index is 12.4. The van der Waals surface area contributed by atoms with Crippen LogP contribution in [0.15, 0.2) is 51.1 Å². The number of carbonyl (C=O) groups is 1. The van der Waals surface area contributed by atoms with Crippen molar-refractivity contribution in [2.75, 3.05) is 5.32 Å². The molecule has 1 heterocycles. The van der Waals surface area contributed by atoms with E-state index in [0.717, 1.165) is 22.4 Å². The fourth-order valence-electron chi connectivity index (χ4n) is 2.66. The van der Waals surface area contributed by atoms with Gasteiger partial charge in [-0.1, -0.05) is 39.3 Å². The molecule has 0 aliphatic heterocycles. The number of aromatic hydroxyl groups is 1. The average Bonchev–Trinajstić information content (AvgIpc) is 3.14. The highest BCUT2D eigenvalue weighted by Crippen LogP contribution is 2.32. The molecule has 0 aliphatic carbocycles. The number of benzene rings is 2. The Morgan fingerprint density at radius 3 is 2.76 bits per heavy atom. The fourth-order valence-corrected chi connectivity index (χ4v) is 3.97. The summed E-state index contributed by atoms with van der Waals surface area (Å²) in [7, 11) is 1.80. The van der Waals surface area contributed by atoms with Crippen LogP contribution in [0.3, 0.4) is 0 Å². The molecule has 0 bridgehead atoms. The molecule has 14 heteroatoms. The molecule has 3 N–H and O–H groups in total. The van der Waals surface area contributed by atoms with Gasteiger partial charge in [-0.2, -0.15) is 5.10 Å². The predicted molar refractivity (Wildman–Crippen MR) is 133 cm³/mol. The second kappa shape index (κ2) is 11.3. The number of nitro benzene ring substituents is 1. The van der Waals surface area contributed by atoms with Crippen molar-refractivity contribution >= 4 is 62.8 Å². The van der Waals surface area contributed by atoms with Crippen molar-refractivity contribution in [1.82, 2.24) is 20.2 Å². The lowest BCUT2D eigenvalue weighted by molar-refractivity contribution is -0.385. The molecule has 3 rings (SSSR count). The highest BCUT2D eigenvalue weighted by atomic mass is 79.9. The molecule has 0 spiro atoms. The highest BCUT2D eigenvalue weighted by Gasteiger charge is 2.20. The van der Waals surface area contributed by atoms with E-state index in [9.17, 15) is 20.0 Å². The van der Waals surface area contributed by atoms with E-state index in [2.05, 4.69) is 42.0 Å². The van der Waals surface area contributed by atoms with Gasteiger partial charge in [0.25, 0.3) is 5.91 Å². The number of thioether (sulfide) groups is 1. The zero-order chi connectivity index (χ0) is 24.8. The Kier molecular flexibility index (Phi) is 8.47. The second-order valence-corrected chi connectivity index (χ2v) is 9.59. The first-order chi connectivity index (χ1) is 16.2. The molecule has 2 aromatic carbocycles. The molecule has 0 aliphatic rings. The van der Waals surface area contributed by atoms with E-state index in [4.69, 9.17) is 11.6 Å². The molecule has 0 saturated heterocycles.